The predicted octanol–water partition coefficient (Wildman–Crippen LogP) is 3.97. The van der Waals surface area contributed by atoms with Crippen molar-refractivity contribution in [2.75, 3.05) is 18.0 Å². The van der Waals surface area contributed by atoms with Crippen molar-refractivity contribution in [3.63, 3.8) is 0 Å². The second-order valence-electron chi connectivity index (χ2n) is 5.31. The average Bonchev–Trinajstić information content (AvgIpc) is 2.83. The standard InChI is InChI=1S/C19H25N3O/c1-4-19(23)22(16-11-8-7-9-12-16)17-13-10-14-20-18(15-17)21(5-2)6-3/h7-14H,4-6,15H2,1-3H3. The molecule has 23 heavy (non-hydrogen) atoms. The van der Waals surface area contributed by atoms with Gasteiger partial charge >= 0.3 is 0 Å². The lowest BCUT2D eigenvalue weighted by Gasteiger charge is -2.28. The third kappa shape index (κ3) is 4.09. The zero-order valence-corrected chi connectivity index (χ0v) is 14.2. The van der Waals surface area contributed by atoms with Gasteiger partial charge in [-0.2, -0.15) is 0 Å². The number of hydrogen-bond donors (Lipinski definition) is 0. The van der Waals surface area contributed by atoms with Crippen molar-refractivity contribution >= 4 is 17.4 Å². The third-order valence-electron chi connectivity index (χ3n) is 3.92. The minimum absolute atomic E-state index is 0.0941. The van der Waals surface area contributed by atoms with Gasteiger partial charge in [-0.25, -0.2) is 4.99 Å². The summed E-state index contributed by atoms with van der Waals surface area (Å²) in [4.78, 5) is 21.1. The van der Waals surface area contributed by atoms with Crippen LogP contribution in [0.15, 0.2) is 59.4 Å². The Balaban J connectivity index is 2.36. The summed E-state index contributed by atoms with van der Waals surface area (Å²) < 4.78 is 0. The number of carbonyl (C=O) groups is 1. The van der Waals surface area contributed by atoms with E-state index in [4.69, 9.17) is 0 Å². The summed E-state index contributed by atoms with van der Waals surface area (Å²) in [5.74, 6) is 1.09. The van der Waals surface area contributed by atoms with Gasteiger partial charge in [0.1, 0.15) is 5.84 Å². The highest BCUT2D eigenvalue weighted by Crippen LogP contribution is 2.24. The summed E-state index contributed by atoms with van der Waals surface area (Å²) in [5.41, 5.74) is 1.86. The zero-order chi connectivity index (χ0) is 16.7. The van der Waals surface area contributed by atoms with Crippen LogP contribution in [0.3, 0.4) is 0 Å². The normalized spacial score (nSPS) is 13.9. The minimum Gasteiger partial charge on any atom is -0.360 e. The van der Waals surface area contributed by atoms with Gasteiger partial charge in [-0.05, 0) is 38.1 Å². The van der Waals surface area contributed by atoms with Gasteiger partial charge in [0.2, 0.25) is 5.91 Å². The van der Waals surface area contributed by atoms with E-state index in [1.165, 1.54) is 0 Å². The summed E-state index contributed by atoms with van der Waals surface area (Å²) in [7, 11) is 0. The number of benzene rings is 1. The summed E-state index contributed by atoms with van der Waals surface area (Å²) >= 11 is 0. The van der Waals surface area contributed by atoms with Crippen LogP contribution in [0, 0.1) is 0 Å². The molecule has 0 aliphatic carbocycles. The van der Waals surface area contributed by atoms with Crippen molar-refractivity contribution in [2.24, 2.45) is 4.99 Å². The number of amides is 1. The molecule has 1 heterocycles. The third-order valence-corrected chi connectivity index (χ3v) is 3.92. The van der Waals surface area contributed by atoms with E-state index in [-0.39, 0.29) is 5.91 Å². The number of amidine groups is 1. The molecule has 122 valence electrons. The van der Waals surface area contributed by atoms with Gasteiger partial charge in [0.25, 0.3) is 0 Å². The van der Waals surface area contributed by atoms with Crippen molar-refractivity contribution in [1.29, 1.82) is 0 Å². The Hall–Kier alpha value is -2.36. The Labute approximate surface area is 138 Å². The zero-order valence-electron chi connectivity index (χ0n) is 14.2. The molecular formula is C19H25N3O. The van der Waals surface area contributed by atoms with Gasteiger partial charge < -0.3 is 4.90 Å². The first-order valence-electron chi connectivity index (χ1n) is 8.26. The molecule has 0 bridgehead atoms. The first-order chi connectivity index (χ1) is 11.2. The van der Waals surface area contributed by atoms with Crippen LogP contribution in [0.1, 0.15) is 33.6 Å². The molecule has 1 aromatic carbocycles. The highest BCUT2D eigenvalue weighted by molar-refractivity contribution is 5.98. The Kier molecular flexibility index (Phi) is 6.15. The molecule has 4 nitrogen and oxygen atoms in total. The molecule has 1 amide bonds. The van der Waals surface area contributed by atoms with Gasteiger partial charge in [0.05, 0.1) is 0 Å². The van der Waals surface area contributed by atoms with Crippen LogP contribution in [0.25, 0.3) is 0 Å². The molecule has 2 rings (SSSR count). The molecule has 0 saturated heterocycles. The van der Waals surface area contributed by atoms with E-state index in [9.17, 15) is 4.79 Å². The Morgan fingerprint density at radius 1 is 1.13 bits per heavy atom. The molecule has 1 aromatic rings. The quantitative estimate of drug-likeness (QED) is 0.825. The maximum Gasteiger partial charge on any atom is 0.231 e. The van der Waals surface area contributed by atoms with E-state index in [1.54, 1.807) is 6.20 Å². The molecule has 1 aliphatic rings. The lowest BCUT2D eigenvalue weighted by atomic mass is 10.1. The first kappa shape index (κ1) is 17.0. The second-order valence-corrected chi connectivity index (χ2v) is 5.31. The van der Waals surface area contributed by atoms with Crippen molar-refractivity contribution in [1.82, 2.24) is 4.90 Å². The number of aliphatic imine (C=N–C) groups is 1. The van der Waals surface area contributed by atoms with Crippen LogP contribution in [0.4, 0.5) is 5.69 Å². The molecule has 0 atom stereocenters. The van der Waals surface area contributed by atoms with E-state index in [2.05, 4.69) is 23.7 Å². The Bertz CT molecular complexity index is 613. The van der Waals surface area contributed by atoms with Crippen LogP contribution in [-0.2, 0) is 4.79 Å². The molecule has 0 aromatic heterocycles. The highest BCUT2D eigenvalue weighted by Gasteiger charge is 2.21. The molecular weight excluding hydrogens is 286 g/mol. The average molecular weight is 311 g/mol. The summed E-state index contributed by atoms with van der Waals surface area (Å²) in [6.45, 7) is 7.95. The van der Waals surface area contributed by atoms with Crippen LogP contribution in [0.5, 0.6) is 0 Å². The van der Waals surface area contributed by atoms with Gasteiger partial charge in [0, 0.05) is 43.5 Å². The van der Waals surface area contributed by atoms with E-state index >= 15 is 0 Å². The van der Waals surface area contributed by atoms with Crippen molar-refractivity contribution in [3.05, 3.63) is 54.4 Å². The van der Waals surface area contributed by atoms with Crippen LogP contribution < -0.4 is 4.90 Å². The minimum atomic E-state index is 0.0941. The predicted molar refractivity (Wildman–Crippen MR) is 96.4 cm³/mol. The molecule has 0 saturated carbocycles. The fourth-order valence-electron chi connectivity index (χ4n) is 2.69. The molecule has 4 heteroatoms. The number of rotatable bonds is 5. The van der Waals surface area contributed by atoms with Crippen LogP contribution in [0.2, 0.25) is 0 Å². The van der Waals surface area contributed by atoms with Gasteiger partial charge in [-0.3, -0.25) is 9.69 Å². The SMILES string of the molecule is CCC(=O)N(C1=CC=CN=C(N(CC)CC)C1)c1ccccc1. The van der Waals surface area contributed by atoms with E-state index in [0.717, 1.165) is 30.3 Å². The highest BCUT2D eigenvalue weighted by atomic mass is 16.2. The van der Waals surface area contributed by atoms with Gasteiger partial charge in [-0.15, -0.1) is 0 Å². The fraction of sp³-hybridized carbons (Fsp3) is 0.368. The molecule has 0 fully saturated rings. The smallest absolute Gasteiger partial charge is 0.231 e. The van der Waals surface area contributed by atoms with Gasteiger partial charge in [-0.1, -0.05) is 25.1 Å². The second kappa shape index (κ2) is 8.32. The molecule has 1 aliphatic heterocycles. The van der Waals surface area contributed by atoms with E-state index in [0.29, 0.717) is 12.8 Å². The Morgan fingerprint density at radius 3 is 2.43 bits per heavy atom. The van der Waals surface area contributed by atoms with Crippen molar-refractivity contribution in [3.8, 4) is 0 Å². The number of carbonyl (C=O) groups excluding carboxylic acids is 1. The summed E-state index contributed by atoms with van der Waals surface area (Å²) in [5, 5.41) is 0. The monoisotopic (exact) mass is 311 g/mol. The van der Waals surface area contributed by atoms with Crippen LogP contribution >= 0.6 is 0 Å². The van der Waals surface area contributed by atoms with Crippen molar-refractivity contribution in [2.45, 2.75) is 33.6 Å². The number of para-hydroxylation sites is 1. The molecule has 0 N–H and O–H groups in total. The maximum absolute atomic E-state index is 12.5. The topological polar surface area (TPSA) is 35.9 Å². The Morgan fingerprint density at radius 2 is 1.83 bits per heavy atom. The summed E-state index contributed by atoms with van der Waals surface area (Å²) in [6, 6.07) is 9.81. The first-order valence-corrected chi connectivity index (χ1v) is 8.26. The number of hydrogen-bond acceptors (Lipinski definition) is 3. The molecule has 0 radical (unpaired) electrons. The maximum atomic E-state index is 12.5. The lowest BCUT2D eigenvalue weighted by molar-refractivity contribution is -0.117. The van der Waals surface area contributed by atoms with E-state index in [1.807, 2.05) is 54.3 Å². The van der Waals surface area contributed by atoms with Crippen molar-refractivity contribution < 1.29 is 4.79 Å². The summed E-state index contributed by atoms with van der Waals surface area (Å²) in [6.07, 6.45) is 6.81. The fourth-order valence-corrected chi connectivity index (χ4v) is 2.69. The molecule has 0 unspecified atom stereocenters. The largest absolute Gasteiger partial charge is 0.360 e. The number of nitrogens with zero attached hydrogens (tertiary/aromatic N) is 3. The number of anilines is 1. The molecule has 0 spiro atoms. The van der Waals surface area contributed by atoms with E-state index < -0.39 is 0 Å². The van der Waals surface area contributed by atoms with Crippen LogP contribution in [-0.4, -0.2) is 29.7 Å². The van der Waals surface area contributed by atoms with Gasteiger partial charge in [0.15, 0.2) is 0 Å². The lowest BCUT2D eigenvalue weighted by Crippen LogP contribution is -2.35. The number of allylic oxidation sites excluding steroid dienone is 2.